The number of fused-ring (bicyclic) bond motifs is 1. The van der Waals surface area contributed by atoms with Crippen molar-refractivity contribution in [3.8, 4) is 5.75 Å². The SMILES string of the molecule is O=S1(=O)CCC(Nc2ccc(O)cc2)c2ccccc21. The van der Waals surface area contributed by atoms with E-state index in [1.54, 1.807) is 36.4 Å². The molecule has 0 fully saturated rings. The molecule has 4 nitrogen and oxygen atoms in total. The number of sulfone groups is 1. The minimum atomic E-state index is -3.15. The maximum atomic E-state index is 12.1. The highest BCUT2D eigenvalue weighted by Gasteiger charge is 2.29. The standard InChI is InChI=1S/C15H15NO3S/c17-12-7-5-11(6-8-12)16-14-9-10-20(18,19)15-4-2-1-3-13(14)15/h1-8,14,16-17H,9-10H2. The van der Waals surface area contributed by atoms with Crippen molar-refractivity contribution in [1.82, 2.24) is 0 Å². The van der Waals surface area contributed by atoms with Gasteiger partial charge < -0.3 is 10.4 Å². The van der Waals surface area contributed by atoms with Crippen LogP contribution in [0.3, 0.4) is 0 Å². The van der Waals surface area contributed by atoms with Crippen molar-refractivity contribution in [1.29, 1.82) is 0 Å². The molecule has 0 amide bonds. The quantitative estimate of drug-likeness (QED) is 0.834. The second-order valence-electron chi connectivity index (χ2n) is 4.89. The summed E-state index contributed by atoms with van der Waals surface area (Å²) in [4.78, 5) is 0.419. The van der Waals surface area contributed by atoms with Gasteiger partial charge in [0.05, 0.1) is 16.7 Å². The Hall–Kier alpha value is -2.01. The predicted octanol–water partition coefficient (Wildman–Crippen LogP) is 2.72. The molecule has 104 valence electrons. The first-order valence-corrected chi connectivity index (χ1v) is 8.09. The molecular formula is C15H15NO3S. The number of hydrogen-bond acceptors (Lipinski definition) is 4. The first-order chi connectivity index (χ1) is 9.56. The van der Waals surface area contributed by atoms with Crippen LogP contribution in [0.5, 0.6) is 5.75 Å². The Balaban J connectivity index is 1.94. The second kappa shape index (κ2) is 4.83. The number of phenolic OH excluding ortho intramolecular Hbond substituents is 1. The third kappa shape index (κ3) is 2.36. The molecule has 1 aliphatic rings. The van der Waals surface area contributed by atoms with E-state index in [-0.39, 0.29) is 17.5 Å². The normalized spacial score (nSPS) is 20.1. The highest BCUT2D eigenvalue weighted by Crippen LogP contribution is 2.34. The van der Waals surface area contributed by atoms with Crippen molar-refractivity contribution in [2.24, 2.45) is 0 Å². The van der Waals surface area contributed by atoms with Gasteiger partial charge in [-0.3, -0.25) is 0 Å². The lowest BCUT2D eigenvalue weighted by Crippen LogP contribution is -2.24. The molecule has 5 heteroatoms. The van der Waals surface area contributed by atoms with Gasteiger partial charge in [-0.15, -0.1) is 0 Å². The largest absolute Gasteiger partial charge is 0.508 e. The van der Waals surface area contributed by atoms with E-state index in [4.69, 9.17) is 0 Å². The van der Waals surface area contributed by atoms with Crippen molar-refractivity contribution < 1.29 is 13.5 Å². The van der Waals surface area contributed by atoms with Crippen molar-refractivity contribution in [2.45, 2.75) is 17.4 Å². The van der Waals surface area contributed by atoms with Crippen molar-refractivity contribution in [3.63, 3.8) is 0 Å². The van der Waals surface area contributed by atoms with Gasteiger partial charge in [-0.25, -0.2) is 8.42 Å². The number of nitrogens with one attached hydrogen (secondary N) is 1. The topological polar surface area (TPSA) is 66.4 Å². The van der Waals surface area contributed by atoms with E-state index < -0.39 is 9.84 Å². The lowest BCUT2D eigenvalue weighted by molar-refractivity contribution is 0.475. The molecule has 2 N–H and O–H groups in total. The summed E-state index contributed by atoms with van der Waals surface area (Å²) in [6.45, 7) is 0. The van der Waals surface area contributed by atoms with Gasteiger partial charge in [-0.1, -0.05) is 18.2 Å². The zero-order chi connectivity index (χ0) is 14.2. The maximum absolute atomic E-state index is 12.1. The number of rotatable bonds is 2. The Morgan fingerprint density at radius 2 is 1.75 bits per heavy atom. The molecule has 0 spiro atoms. The Labute approximate surface area is 118 Å². The zero-order valence-corrected chi connectivity index (χ0v) is 11.6. The highest BCUT2D eigenvalue weighted by atomic mass is 32.2. The lowest BCUT2D eigenvalue weighted by Gasteiger charge is -2.27. The van der Waals surface area contributed by atoms with Crippen LogP contribution in [0.15, 0.2) is 53.4 Å². The minimum Gasteiger partial charge on any atom is -0.508 e. The summed E-state index contributed by atoms with van der Waals surface area (Å²) < 4.78 is 24.1. The summed E-state index contributed by atoms with van der Waals surface area (Å²) in [6.07, 6.45) is 0.542. The Kier molecular flexibility index (Phi) is 3.14. The van der Waals surface area contributed by atoms with E-state index in [1.807, 2.05) is 12.1 Å². The van der Waals surface area contributed by atoms with Gasteiger partial charge in [0, 0.05) is 5.69 Å². The fraction of sp³-hybridized carbons (Fsp3) is 0.200. The van der Waals surface area contributed by atoms with Crippen LogP contribution in [0.25, 0.3) is 0 Å². The summed E-state index contributed by atoms with van der Waals surface area (Å²) in [5, 5.41) is 12.6. The van der Waals surface area contributed by atoms with Crippen molar-refractivity contribution >= 4 is 15.5 Å². The molecule has 3 rings (SSSR count). The third-order valence-corrected chi connectivity index (χ3v) is 5.33. The zero-order valence-electron chi connectivity index (χ0n) is 10.8. The number of anilines is 1. The van der Waals surface area contributed by atoms with Gasteiger partial charge in [-0.2, -0.15) is 0 Å². The molecular weight excluding hydrogens is 274 g/mol. The number of benzene rings is 2. The number of hydrogen-bond donors (Lipinski definition) is 2. The average Bonchev–Trinajstić information content (AvgIpc) is 2.45. The molecule has 1 heterocycles. The Morgan fingerprint density at radius 1 is 1.05 bits per heavy atom. The van der Waals surface area contributed by atoms with E-state index in [1.165, 1.54) is 0 Å². The van der Waals surface area contributed by atoms with Gasteiger partial charge in [0.1, 0.15) is 5.75 Å². The monoisotopic (exact) mass is 289 g/mol. The molecule has 1 aliphatic heterocycles. The lowest BCUT2D eigenvalue weighted by atomic mass is 10.0. The average molecular weight is 289 g/mol. The highest BCUT2D eigenvalue weighted by molar-refractivity contribution is 7.91. The van der Waals surface area contributed by atoms with E-state index in [0.29, 0.717) is 11.3 Å². The maximum Gasteiger partial charge on any atom is 0.178 e. The van der Waals surface area contributed by atoms with Gasteiger partial charge in [0.2, 0.25) is 0 Å². The number of aromatic hydroxyl groups is 1. The van der Waals surface area contributed by atoms with Crippen molar-refractivity contribution in [2.75, 3.05) is 11.1 Å². The second-order valence-corrected chi connectivity index (χ2v) is 6.97. The van der Waals surface area contributed by atoms with Gasteiger partial charge in [0.15, 0.2) is 9.84 Å². The Bertz CT molecular complexity index is 723. The van der Waals surface area contributed by atoms with E-state index >= 15 is 0 Å². The molecule has 1 unspecified atom stereocenters. The van der Waals surface area contributed by atoms with Crippen LogP contribution in [0, 0.1) is 0 Å². The van der Waals surface area contributed by atoms with Crippen LogP contribution in [0.2, 0.25) is 0 Å². The summed E-state index contributed by atoms with van der Waals surface area (Å²) in [7, 11) is -3.15. The van der Waals surface area contributed by atoms with Gasteiger partial charge in [0.25, 0.3) is 0 Å². The molecule has 0 aromatic heterocycles. The van der Waals surface area contributed by atoms with Crippen LogP contribution in [-0.2, 0) is 9.84 Å². The van der Waals surface area contributed by atoms with Crippen LogP contribution in [0.4, 0.5) is 5.69 Å². The molecule has 1 atom stereocenters. The molecule has 20 heavy (non-hydrogen) atoms. The molecule has 0 radical (unpaired) electrons. The van der Waals surface area contributed by atoms with E-state index in [2.05, 4.69) is 5.32 Å². The summed E-state index contributed by atoms with van der Waals surface area (Å²) in [5.74, 6) is 0.363. The first kappa shape index (κ1) is 13.0. The Morgan fingerprint density at radius 3 is 2.50 bits per heavy atom. The van der Waals surface area contributed by atoms with Crippen LogP contribution >= 0.6 is 0 Å². The summed E-state index contributed by atoms with van der Waals surface area (Å²) in [5.41, 5.74) is 1.67. The van der Waals surface area contributed by atoms with E-state index in [9.17, 15) is 13.5 Å². The first-order valence-electron chi connectivity index (χ1n) is 6.43. The van der Waals surface area contributed by atoms with Crippen molar-refractivity contribution in [3.05, 3.63) is 54.1 Å². The van der Waals surface area contributed by atoms with Gasteiger partial charge >= 0.3 is 0 Å². The van der Waals surface area contributed by atoms with Crippen LogP contribution < -0.4 is 5.32 Å². The summed E-state index contributed by atoms with van der Waals surface area (Å²) in [6, 6.07) is 13.9. The molecule has 2 aromatic rings. The fourth-order valence-electron chi connectivity index (χ4n) is 2.50. The predicted molar refractivity (Wildman–Crippen MR) is 77.6 cm³/mol. The third-order valence-electron chi connectivity index (χ3n) is 3.51. The smallest absolute Gasteiger partial charge is 0.178 e. The minimum absolute atomic E-state index is 0.0285. The summed E-state index contributed by atoms with van der Waals surface area (Å²) >= 11 is 0. The van der Waals surface area contributed by atoms with Gasteiger partial charge in [-0.05, 0) is 42.3 Å². The molecule has 0 saturated heterocycles. The number of phenols is 1. The van der Waals surface area contributed by atoms with Crippen LogP contribution in [-0.4, -0.2) is 19.3 Å². The fourth-order valence-corrected chi connectivity index (χ4v) is 4.12. The molecule has 0 bridgehead atoms. The molecule has 0 saturated carbocycles. The molecule has 0 aliphatic carbocycles. The molecule has 2 aromatic carbocycles. The van der Waals surface area contributed by atoms with Crippen LogP contribution in [0.1, 0.15) is 18.0 Å². The van der Waals surface area contributed by atoms with E-state index in [0.717, 1.165) is 11.3 Å².